The molecule has 0 N–H and O–H groups in total. The van der Waals surface area contributed by atoms with Gasteiger partial charge in [-0.05, 0) is 12.0 Å². The minimum Gasteiger partial charge on any atom is -0.478 e. The number of amides is 1. The van der Waals surface area contributed by atoms with Crippen LogP contribution in [0, 0.1) is 16.0 Å². The molecule has 0 aromatic heterocycles. The number of nitro benzene ring substituents is 1. The predicted molar refractivity (Wildman–Crippen MR) is 76.6 cm³/mol. The first kappa shape index (κ1) is 15.2. The second-order valence-electron chi connectivity index (χ2n) is 5.17. The van der Waals surface area contributed by atoms with Crippen LogP contribution in [0.15, 0.2) is 18.2 Å². The first-order valence-electron chi connectivity index (χ1n) is 6.71. The lowest BCUT2D eigenvalue weighted by atomic mass is 10.0. The van der Waals surface area contributed by atoms with Crippen molar-refractivity contribution in [2.45, 2.75) is 20.0 Å². The number of carbonyl (C=O) groups excluding carboxylic acids is 1. The smallest absolute Gasteiger partial charge is 0.271 e. The molecule has 1 aliphatic rings. The lowest BCUT2D eigenvalue weighted by Gasteiger charge is -2.35. The summed E-state index contributed by atoms with van der Waals surface area (Å²) in [6.07, 6.45) is -0.587. The molecule has 7 nitrogen and oxygen atoms in total. The van der Waals surface area contributed by atoms with Gasteiger partial charge in [0.15, 0.2) is 6.10 Å². The zero-order chi connectivity index (χ0) is 15.6. The molecule has 0 bridgehead atoms. The molecule has 1 amide bonds. The van der Waals surface area contributed by atoms with Gasteiger partial charge in [-0.3, -0.25) is 14.9 Å². The van der Waals surface area contributed by atoms with Crippen LogP contribution < -0.4 is 9.64 Å². The zero-order valence-corrected chi connectivity index (χ0v) is 12.2. The van der Waals surface area contributed by atoms with E-state index >= 15 is 0 Å². The molecule has 21 heavy (non-hydrogen) atoms. The monoisotopic (exact) mass is 294 g/mol. The average molecular weight is 294 g/mol. The van der Waals surface area contributed by atoms with E-state index in [2.05, 4.69) is 0 Å². The molecule has 1 atom stereocenters. The SMILES string of the molecule is COCCN1C(=O)C(C(C)C)Oc2ccc([N+](=O)[O-])cc21. The third kappa shape index (κ3) is 2.97. The number of hydrogen-bond acceptors (Lipinski definition) is 5. The number of anilines is 1. The first-order valence-corrected chi connectivity index (χ1v) is 6.71. The molecule has 114 valence electrons. The number of methoxy groups -OCH3 is 1. The van der Waals surface area contributed by atoms with Crippen molar-refractivity contribution < 1.29 is 19.2 Å². The molecular weight excluding hydrogens is 276 g/mol. The fourth-order valence-electron chi connectivity index (χ4n) is 2.22. The standard InChI is InChI=1S/C14H18N2O5/c1-9(2)13-14(17)15(6-7-20-3)11-8-10(16(18)19)4-5-12(11)21-13/h4-5,8-9,13H,6-7H2,1-3H3. The number of ether oxygens (including phenoxy) is 2. The van der Waals surface area contributed by atoms with Gasteiger partial charge in [-0.25, -0.2) is 0 Å². The van der Waals surface area contributed by atoms with Crippen LogP contribution in [-0.4, -0.2) is 37.2 Å². The molecule has 2 rings (SSSR count). The van der Waals surface area contributed by atoms with Crippen LogP contribution in [0.4, 0.5) is 11.4 Å². The van der Waals surface area contributed by atoms with Crippen molar-refractivity contribution in [2.75, 3.05) is 25.2 Å². The summed E-state index contributed by atoms with van der Waals surface area (Å²) in [5, 5.41) is 10.9. The first-order chi connectivity index (χ1) is 9.95. The molecule has 0 saturated carbocycles. The van der Waals surface area contributed by atoms with E-state index in [1.54, 1.807) is 7.11 Å². The second kappa shape index (κ2) is 6.09. The summed E-state index contributed by atoms with van der Waals surface area (Å²) in [5.74, 6) is 0.288. The van der Waals surface area contributed by atoms with Gasteiger partial charge in [0.2, 0.25) is 0 Å². The maximum Gasteiger partial charge on any atom is 0.271 e. The molecule has 1 aromatic rings. The number of carbonyl (C=O) groups is 1. The quantitative estimate of drug-likeness (QED) is 0.612. The summed E-state index contributed by atoms with van der Waals surface area (Å²) in [6.45, 7) is 4.47. The van der Waals surface area contributed by atoms with Crippen LogP contribution >= 0.6 is 0 Å². The minimum absolute atomic E-state index is 0.00545. The Kier molecular flexibility index (Phi) is 4.42. The Hall–Kier alpha value is -2.15. The third-order valence-electron chi connectivity index (χ3n) is 3.33. The Bertz CT molecular complexity index is 558. The molecule has 1 aromatic carbocycles. The lowest BCUT2D eigenvalue weighted by molar-refractivity contribution is -0.384. The van der Waals surface area contributed by atoms with Crippen LogP contribution in [0.1, 0.15) is 13.8 Å². The number of benzene rings is 1. The molecular formula is C14H18N2O5. The summed E-state index contributed by atoms with van der Waals surface area (Å²) >= 11 is 0. The molecule has 0 saturated heterocycles. The lowest BCUT2D eigenvalue weighted by Crippen LogP contribution is -2.49. The molecule has 1 aliphatic heterocycles. The fourth-order valence-corrected chi connectivity index (χ4v) is 2.22. The van der Waals surface area contributed by atoms with E-state index < -0.39 is 11.0 Å². The highest BCUT2D eigenvalue weighted by atomic mass is 16.6. The fraction of sp³-hybridized carbons (Fsp3) is 0.500. The van der Waals surface area contributed by atoms with E-state index in [-0.39, 0.29) is 17.5 Å². The van der Waals surface area contributed by atoms with Crippen LogP contribution in [0.25, 0.3) is 0 Å². The van der Waals surface area contributed by atoms with Gasteiger partial charge < -0.3 is 14.4 Å². The van der Waals surface area contributed by atoms with Crippen molar-refractivity contribution >= 4 is 17.3 Å². The van der Waals surface area contributed by atoms with Gasteiger partial charge >= 0.3 is 0 Å². The number of rotatable bonds is 5. The summed E-state index contributed by atoms with van der Waals surface area (Å²) in [7, 11) is 1.54. The maximum absolute atomic E-state index is 12.5. The van der Waals surface area contributed by atoms with Crippen LogP contribution in [0.3, 0.4) is 0 Å². The van der Waals surface area contributed by atoms with Crippen LogP contribution in [0.5, 0.6) is 5.75 Å². The predicted octanol–water partition coefficient (Wildman–Crippen LogP) is 1.99. The molecule has 1 unspecified atom stereocenters. The molecule has 7 heteroatoms. The molecule has 1 heterocycles. The van der Waals surface area contributed by atoms with Crippen LogP contribution in [-0.2, 0) is 9.53 Å². The van der Waals surface area contributed by atoms with Crippen molar-refractivity contribution in [1.82, 2.24) is 0 Å². The highest BCUT2D eigenvalue weighted by Crippen LogP contribution is 2.38. The van der Waals surface area contributed by atoms with Crippen molar-refractivity contribution in [2.24, 2.45) is 5.92 Å². The number of nitro groups is 1. The van der Waals surface area contributed by atoms with Crippen molar-refractivity contribution in [3.63, 3.8) is 0 Å². The van der Waals surface area contributed by atoms with Gasteiger partial charge in [0.1, 0.15) is 5.75 Å². The number of nitrogens with zero attached hydrogens (tertiary/aromatic N) is 2. The van der Waals surface area contributed by atoms with Gasteiger partial charge in [-0.15, -0.1) is 0 Å². The Labute approximate surface area is 122 Å². The number of hydrogen-bond donors (Lipinski definition) is 0. The third-order valence-corrected chi connectivity index (χ3v) is 3.33. The molecule has 0 aliphatic carbocycles. The van der Waals surface area contributed by atoms with Gasteiger partial charge in [0, 0.05) is 25.8 Å². The number of non-ortho nitro benzene ring substituents is 1. The van der Waals surface area contributed by atoms with E-state index in [1.165, 1.54) is 23.1 Å². The van der Waals surface area contributed by atoms with Crippen molar-refractivity contribution in [1.29, 1.82) is 0 Å². The second-order valence-corrected chi connectivity index (χ2v) is 5.17. The highest BCUT2D eigenvalue weighted by molar-refractivity contribution is 6.00. The van der Waals surface area contributed by atoms with E-state index in [0.29, 0.717) is 24.6 Å². The minimum atomic E-state index is -0.587. The van der Waals surface area contributed by atoms with E-state index in [0.717, 1.165) is 0 Å². The van der Waals surface area contributed by atoms with Gasteiger partial charge in [-0.1, -0.05) is 13.8 Å². The van der Waals surface area contributed by atoms with E-state index in [4.69, 9.17) is 9.47 Å². The Morgan fingerprint density at radius 3 is 2.76 bits per heavy atom. The molecule has 0 fully saturated rings. The van der Waals surface area contributed by atoms with Crippen molar-refractivity contribution in [3.05, 3.63) is 28.3 Å². The topological polar surface area (TPSA) is 81.9 Å². The van der Waals surface area contributed by atoms with Crippen molar-refractivity contribution in [3.8, 4) is 5.75 Å². The largest absolute Gasteiger partial charge is 0.478 e. The van der Waals surface area contributed by atoms with Gasteiger partial charge in [-0.2, -0.15) is 0 Å². The molecule has 0 spiro atoms. The Morgan fingerprint density at radius 2 is 2.19 bits per heavy atom. The normalized spacial score (nSPS) is 17.6. The number of fused-ring (bicyclic) bond motifs is 1. The summed E-state index contributed by atoms with van der Waals surface area (Å²) in [6, 6.07) is 4.27. The Balaban J connectivity index is 2.44. The van der Waals surface area contributed by atoms with E-state index in [9.17, 15) is 14.9 Å². The van der Waals surface area contributed by atoms with Crippen LogP contribution in [0.2, 0.25) is 0 Å². The van der Waals surface area contributed by atoms with E-state index in [1.807, 2.05) is 13.8 Å². The Morgan fingerprint density at radius 1 is 1.48 bits per heavy atom. The summed E-state index contributed by atoms with van der Waals surface area (Å²) in [5.41, 5.74) is 0.346. The highest BCUT2D eigenvalue weighted by Gasteiger charge is 2.36. The average Bonchev–Trinajstić information content (AvgIpc) is 2.44. The van der Waals surface area contributed by atoms with Gasteiger partial charge in [0.05, 0.1) is 17.2 Å². The molecule has 0 radical (unpaired) electrons. The zero-order valence-electron chi connectivity index (χ0n) is 12.2. The maximum atomic E-state index is 12.5. The summed E-state index contributed by atoms with van der Waals surface area (Å²) < 4.78 is 10.7. The van der Waals surface area contributed by atoms with Gasteiger partial charge in [0.25, 0.3) is 11.6 Å². The summed E-state index contributed by atoms with van der Waals surface area (Å²) in [4.78, 5) is 24.4.